The van der Waals surface area contributed by atoms with Gasteiger partial charge in [0.05, 0.1) is 0 Å². The predicted octanol–water partition coefficient (Wildman–Crippen LogP) is 3.33. The molecule has 1 aliphatic carbocycles. The highest BCUT2D eigenvalue weighted by molar-refractivity contribution is 5.79. The van der Waals surface area contributed by atoms with Gasteiger partial charge in [-0.15, -0.1) is 0 Å². The van der Waals surface area contributed by atoms with Crippen molar-refractivity contribution >= 4 is 12.0 Å². The molecule has 1 saturated carbocycles. The molecule has 0 radical (unpaired) electrons. The molecule has 2 aliphatic rings. The maximum Gasteiger partial charge on any atom is 0.407 e. The monoisotopic (exact) mass is 324 g/mol. The van der Waals surface area contributed by atoms with E-state index in [1.54, 1.807) is 0 Å². The molecule has 0 spiro atoms. The number of nitrogens with zero attached hydrogens (tertiary/aromatic N) is 1. The van der Waals surface area contributed by atoms with Crippen LogP contribution in [-0.4, -0.2) is 42.1 Å². The van der Waals surface area contributed by atoms with Crippen LogP contribution in [0.1, 0.15) is 65.7 Å². The van der Waals surface area contributed by atoms with Gasteiger partial charge in [-0.25, -0.2) is 4.79 Å². The van der Waals surface area contributed by atoms with Crippen LogP contribution < -0.4 is 5.32 Å². The van der Waals surface area contributed by atoms with Crippen LogP contribution in [0.2, 0.25) is 0 Å². The number of nitrogens with one attached hydrogen (secondary N) is 1. The minimum atomic E-state index is -0.456. The van der Waals surface area contributed by atoms with Crippen LogP contribution in [0.25, 0.3) is 0 Å². The molecule has 5 heteroatoms. The lowest BCUT2D eigenvalue weighted by Crippen LogP contribution is -2.41. The van der Waals surface area contributed by atoms with Gasteiger partial charge in [0.25, 0.3) is 0 Å². The summed E-state index contributed by atoms with van der Waals surface area (Å²) >= 11 is 0. The van der Waals surface area contributed by atoms with Gasteiger partial charge < -0.3 is 15.0 Å². The van der Waals surface area contributed by atoms with E-state index in [1.165, 1.54) is 6.42 Å². The lowest BCUT2D eigenvalue weighted by atomic mass is 9.81. The van der Waals surface area contributed by atoms with Crippen molar-refractivity contribution in [2.45, 2.75) is 71.3 Å². The van der Waals surface area contributed by atoms with E-state index >= 15 is 0 Å². The summed E-state index contributed by atoms with van der Waals surface area (Å²) in [6, 6.07) is 0. The fourth-order valence-corrected chi connectivity index (χ4v) is 3.53. The topological polar surface area (TPSA) is 58.6 Å². The van der Waals surface area contributed by atoms with Gasteiger partial charge in [-0.1, -0.05) is 0 Å². The third-order valence-electron chi connectivity index (χ3n) is 4.80. The lowest BCUT2D eigenvalue weighted by Gasteiger charge is -2.34. The summed E-state index contributed by atoms with van der Waals surface area (Å²) in [5, 5.41) is 2.86. The number of carbonyl (C=O) groups excluding carboxylic acids is 2. The zero-order chi connectivity index (χ0) is 16.9. The molecule has 2 fully saturated rings. The van der Waals surface area contributed by atoms with Crippen molar-refractivity contribution in [2.24, 2.45) is 11.8 Å². The Hall–Kier alpha value is -1.26. The van der Waals surface area contributed by atoms with Gasteiger partial charge in [0.2, 0.25) is 5.91 Å². The second-order valence-electron chi connectivity index (χ2n) is 7.99. The lowest BCUT2D eigenvalue weighted by molar-refractivity contribution is -0.137. The summed E-state index contributed by atoms with van der Waals surface area (Å²) in [6.07, 6.45) is 7.16. The summed E-state index contributed by atoms with van der Waals surface area (Å²) in [4.78, 5) is 26.3. The summed E-state index contributed by atoms with van der Waals surface area (Å²) in [5.74, 6) is 1.03. The van der Waals surface area contributed by atoms with E-state index in [2.05, 4.69) is 10.2 Å². The van der Waals surface area contributed by atoms with Crippen LogP contribution in [0, 0.1) is 11.8 Å². The molecule has 1 heterocycles. The Morgan fingerprint density at radius 1 is 1.04 bits per heavy atom. The smallest absolute Gasteiger partial charge is 0.407 e. The minimum absolute atomic E-state index is 0.200. The summed E-state index contributed by atoms with van der Waals surface area (Å²) in [6.45, 7) is 8.13. The second-order valence-corrected chi connectivity index (χ2v) is 7.99. The Morgan fingerprint density at radius 2 is 1.65 bits per heavy atom. The number of likely N-dealkylation sites (tertiary alicyclic amines) is 1. The second kappa shape index (κ2) is 8.02. The molecule has 0 bridgehead atoms. The standard InChI is InChI=1S/C18H32N2O3/c1-18(2,3)23-17(22)19-13-14-7-9-15(10-8-14)16(21)20-11-5-4-6-12-20/h14-15H,4-13H2,1-3H3,(H,19,22). The number of ether oxygens (including phenoxy) is 1. The van der Waals surface area contributed by atoms with Crippen molar-refractivity contribution in [3.63, 3.8) is 0 Å². The normalized spacial score (nSPS) is 25.8. The van der Waals surface area contributed by atoms with Gasteiger partial charge in [0.1, 0.15) is 5.60 Å². The number of carbonyl (C=O) groups is 2. The van der Waals surface area contributed by atoms with Crippen molar-refractivity contribution in [1.82, 2.24) is 10.2 Å². The fraction of sp³-hybridized carbons (Fsp3) is 0.889. The van der Waals surface area contributed by atoms with E-state index in [1.807, 2.05) is 20.8 Å². The van der Waals surface area contributed by atoms with E-state index in [0.717, 1.165) is 51.6 Å². The number of hydrogen-bond acceptors (Lipinski definition) is 3. The molecule has 1 N–H and O–H groups in total. The van der Waals surface area contributed by atoms with E-state index in [-0.39, 0.29) is 12.0 Å². The Kier molecular flexibility index (Phi) is 6.31. The van der Waals surface area contributed by atoms with Gasteiger partial charge in [0.15, 0.2) is 0 Å². The predicted molar refractivity (Wildman–Crippen MR) is 90.1 cm³/mol. The van der Waals surface area contributed by atoms with Crippen LogP contribution in [0.4, 0.5) is 4.79 Å². The third-order valence-corrected chi connectivity index (χ3v) is 4.80. The number of alkyl carbamates (subject to hydrolysis) is 1. The molecule has 2 rings (SSSR count). The van der Waals surface area contributed by atoms with Gasteiger partial charge in [-0.3, -0.25) is 4.79 Å². The van der Waals surface area contributed by atoms with E-state index in [0.29, 0.717) is 18.4 Å². The molecule has 0 unspecified atom stereocenters. The van der Waals surface area contributed by atoms with Crippen molar-refractivity contribution in [3.05, 3.63) is 0 Å². The van der Waals surface area contributed by atoms with Gasteiger partial charge in [0, 0.05) is 25.6 Å². The Labute approximate surface area is 140 Å². The molecule has 0 aromatic carbocycles. The van der Waals surface area contributed by atoms with Gasteiger partial charge in [-0.05, 0) is 71.6 Å². The minimum Gasteiger partial charge on any atom is -0.444 e. The van der Waals surface area contributed by atoms with Crippen LogP contribution in [0.15, 0.2) is 0 Å². The molecule has 23 heavy (non-hydrogen) atoms. The van der Waals surface area contributed by atoms with Crippen molar-refractivity contribution in [3.8, 4) is 0 Å². The van der Waals surface area contributed by atoms with Crippen molar-refractivity contribution in [2.75, 3.05) is 19.6 Å². The molecule has 0 aromatic heterocycles. The van der Waals surface area contributed by atoms with E-state index in [9.17, 15) is 9.59 Å². The molecular formula is C18H32N2O3. The first-order valence-corrected chi connectivity index (χ1v) is 9.11. The Morgan fingerprint density at radius 3 is 2.22 bits per heavy atom. The van der Waals surface area contributed by atoms with Crippen LogP contribution >= 0.6 is 0 Å². The molecule has 2 amide bonds. The highest BCUT2D eigenvalue weighted by Crippen LogP contribution is 2.30. The molecule has 0 aromatic rings. The average Bonchev–Trinajstić information content (AvgIpc) is 2.52. The van der Waals surface area contributed by atoms with Crippen molar-refractivity contribution in [1.29, 1.82) is 0 Å². The maximum atomic E-state index is 12.5. The first-order chi connectivity index (χ1) is 10.8. The molecule has 132 valence electrons. The van der Waals surface area contributed by atoms with Gasteiger partial charge >= 0.3 is 6.09 Å². The average molecular weight is 324 g/mol. The van der Waals surface area contributed by atoms with Gasteiger partial charge in [-0.2, -0.15) is 0 Å². The molecule has 1 aliphatic heterocycles. The molecular weight excluding hydrogens is 292 g/mol. The van der Waals surface area contributed by atoms with E-state index < -0.39 is 5.60 Å². The number of amides is 2. The highest BCUT2D eigenvalue weighted by Gasteiger charge is 2.30. The van der Waals surface area contributed by atoms with E-state index in [4.69, 9.17) is 4.74 Å². The summed E-state index contributed by atoms with van der Waals surface area (Å²) < 4.78 is 5.26. The fourth-order valence-electron chi connectivity index (χ4n) is 3.53. The summed E-state index contributed by atoms with van der Waals surface area (Å²) in [5.41, 5.74) is -0.456. The number of hydrogen-bond donors (Lipinski definition) is 1. The zero-order valence-electron chi connectivity index (χ0n) is 14.9. The maximum absolute atomic E-state index is 12.5. The SMILES string of the molecule is CC(C)(C)OC(=O)NCC1CCC(C(=O)N2CCCCC2)CC1. The van der Waals surface area contributed by atoms with Crippen LogP contribution in [0.3, 0.4) is 0 Å². The molecule has 0 atom stereocenters. The quantitative estimate of drug-likeness (QED) is 0.866. The highest BCUT2D eigenvalue weighted by atomic mass is 16.6. The Bertz CT molecular complexity index is 403. The first kappa shape index (κ1) is 18.1. The van der Waals surface area contributed by atoms with Crippen molar-refractivity contribution < 1.29 is 14.3 Å². The first-order valence-electron chi connectivity index (χ1n) is 9.11. The third kappa shape index (κ3) is 6.04. The Balaban J connectivity index is 1.67. The summed E-state index contributed by atoms with van der Waals surface area (Å²) in [7, 11) is 0. The number of rotatable bonds is 3. The molecule has 1 saturated heterocycles. The van der Waals surface area contributed by atoms with Crippen LogP contribution in [-0.2, 0) is 9.53 Å². The van der Waals surface area contributed by atoms with Crippen LogP contribution in [0.5, 0.6) is 0 Å². The zero-order valence-corrected chi connectivity index (χ0v) is 14.9. The largest absolute Gasteiger partial charge is 0.444 e. The molecule has 5 nitrogen and oxygen atoms in total. The number of piperidine rings is 1.